The number of hydrogen-bond donors (Lipinski definition) is 1. The number of rotatable bonds is 5. The summed E-state index contributed by atoms with van der Waals surface area (Å²) in [7, 11) is 0. The van der Waals surface area contributed by atoms with Gasteiger partial charge < -0.3 is 5.32 Å². The van der Waals surface area contributed by atoms with Crippen molar-refractivity contribution >= 4 is 23.3 Å². The van der Waals surface area contributed by atoms with E-state index in [1.807, 2.05) is 13.8 Å². The van der Waals surface area contributed by atoms with Gasteiger partial charge in [-0.15, -0.1) is 0 Å². The first-order valence-corrected chi connectivity index (χ1v) is 11.3. The number of Topliss-reactive ketones (excluding diaryl/α,β-unsaturated/α-hetero) is 3. The van der Waals surface area contributed by atoms with Crippen LogP contribution >= 0.6 is 0 Å². The summed E-state index contributed by atoms with van der Waals surface area (Å²) in [6, 6.07) is 6.05. The Bertz CT molecular complexity index is 943. The van der Waals surface area contributed by atoms with Crippen LogP contribution in [0.4, 0.5) is 4.39 Å². The lowest BCUT2D eigenvalue weighted by molar-refractivity contribution is -0.160. The van der Waals surface area contributed by atoms with Crippen molar-refractivity contribution in [2.45, 2.75) is 65.3 Å². The van der Waals surface area contributed by atoms with Gasteiger partial charge in [0, 0.05) is 49.0 Å². The van der Waals surface area contributed by atoms with Crippen molar-refractivity contribution in [3.05, 3.63) is 35.6 Å². The number of nitrogens with one attached hydrogen (secondary N) is 1. The molecule has 3 fully saturated rings. The molecule has 0 aromatic heterocycles. The molecule has 4 rings (SSSR count). The average molecular weight is 428 g/mol. The second-order valence-electron chi connectivity index (χ2n) is 10.1. The summed E-state index contributed by atoms with van der Waals surface area (Å²) in [5.74, 6) is -0.556. The van der Waals surface area contributed by atoms with Crippen LogP contribution in [0.25, 0.3) is 0 Å². The van der Waals surface area contributed by atoms with Crippen molar-refractivity contribution in [1.29, 1.82) is 0 Å². The van der Waals surface area contributed by atoms with Gasteiger partial charge >= 0.3 is 0 Å². The second-order valence-corrected chi connectivity index (χ2v) is 10.1. The van der Waals surface area contributed by atoms with E-state index in [1.165, 1.54) is 12.1 Å². The summed E-state index contributed by atoms with van der Waals surface area (Å²) in [6.07, 6.45) is 3.03. The summed E-state index contributed by atoms with van der Waals surface area (Å²) in [6.45, 7) is 3.98. The molecule has 1 amide bonds. The number of hydrogen-bond acceptors (Lipinski definition) is 4. The van der Waals surface area contributed by atoms with Gasteiger partial charge in [0.25, 0.3) is 0 Å². The summed E-state index contributed by atoms with van der Waals surface area (Å²) in [5.41, 5.74) is -0.786. The molecule has 0 spiro atoms. The highest BCUT2D eigenvalue weighted by Gasteiger charge is 2.62. The van der Waals surface area contributed by atoms with Crippen molar-refractivity contribution in [2.75, 3.05) is 0 Å². The monoisotopic (exact) mass is 427 g/mol. The number of carbonyl (C=O) groups is 4. The number of carbonyl (C=O) groups excluding carboxylic acids is 4. The van der Waals surface area contributed by atoms with E-state index in [9.17, 15) is 23.6 Å². The average Bonchev–Trinajstić information content (AvgIpc) is 3.02. The van der Waals surface area contributed by atoms with Crippen LogP contribution in [0.3, 0.4) is 0 Å². The first kappa shape index (κ1) is 21.8. The maximum atomic E-state index is 13.3. The van der Waals surface area contributed by atoms with Gasteiger partial charge in [-0.05, 0) is 48.8 Å². The molecule has 166 valence electrons. The van der Waals surface area contributed by atoms with E-state index in [-0.39, 0.29) is 60.3 Å². The minimum absolute atomic E-state index is 0.00900. The Morgan fingerprint density at radius 1 is 1.13 bits per heavy atom. The van der Waals surface area contributed by atoms with E-state index >= 15 is 0 Å². The van der Waals surface area contributed by atoms with E-state index in [2.05, 4.69) is 5.32 Å². The van der Waals surface area contributed by atoms with Gasteiger partial charge in [0.05, 0.1) is 0 Å². The molecule has 6 heteroatoms. The first-order valence-electron chi connectivity index (χ1n) is 11.3. The molecule has 0 heterocycles. The maximum Gasteiger partial charge on any atom is 0.220 e. The molecule has 0 bridgehead atoms. The SMILES string of the molecule is C[C@]1(CCC(=O)NCc2cccc(F)c2)C(=O)CC[C@@H]2[C@@H]1C(=O)C[C@]1(C)C(=O)CC[C@@H]21. The lowest BCUT2D eigenvalue weighted by Crippen LogP contribution is -2.56. The molecule has 0 saturated heterocycles. The topological polar surface area (TPSA) is 80.3 Å². The predicted octanol–water partition coefficient (Wildman–Crippen LogP) is 3.78. The highest BCUT2D eigenvalue weighted by Crippen LogP contribution is 2.60. The molecular formula is C25H30FNO4. The molecule has 0 unspecified atom stereocenters. The number of benzene rings is 1. The smallest absolute Gasteiger partial charge is 0.220 e. The van der Waals surface area contributed by atoms with Crippen LogP contribution in [0.2, 0.25) is 0 Å². The van der Waals surface area contributed by atoms with Crippen molar-refractivity contribution in [1.82, 2.24) is 5.32 Å². The molecule has 3 aliphatic carbocycles. The zero-order valence-electron chi connectivity index (χ0n) is 18.2. The number of ketones is 3. The van der Waals surface area contributed by atoms with Gasteiger partial charge in [0.15, 0.2) is 0 Å². The highest BCUT2D eigenvalue weighted by molar-refractivity contribution is 5.99. The van der Waals surface area contributed by atoms with Gasteiger partial charge in [0.2, 0.25) is 5.91 Å². The molecule has 1 aromatic carbocycles. The fourth-order valence-electron chi connectivity index (χ4n) is 6.51. The molecule has 3 saturated carbocycles. The Balaban J connectivity index is 1.45. The van der Waals surface area contributed by atoms with Crippen LogP contribution in [0.5, 0.6) is 0 Å². The predicted molar refractivity (Wildman–Crippen MR) is 112 cm³/mol. The van der Waals surface area contributed by atoms with Crippen LogP contribution in [0, 0.1) is 34.4 Å². The van der Waals surface area contributed by atoms with Crippen LogP contribution in [0.15, 0.2) is 24.3 Å². The van der Waals surface area contributed by atoms with Crippen molar-refractivity contribution in [3.63, 3.8) is 0 Å². The van der Waals surface area contributed by atoms with Gasteiger partial charge in [0.1, 0.15) is 23.2 Å². The zero-order valence-corrected chi connectivity index (χ0v) is 18.2. The first-order chi connectivity index (χ1) is 14.6. The number of fused-ring (bicyclic) bond motifs is 3. The van der Waals surface area contributed by atoms with Crippen molar-refractivity contribution in [2.24, 2.45) is 28.6 Å². The van der Waals surface area contributed by atoms with Crippen molar-refractivity contribution < 1.29 is 23.6 Å². The number of halogens is 1. The molecule has 3 aliphatic rings. The van der Waals surface area contributed by atoms with E-state index in [0.29, 0.717) is 31.2 Å². The van der Waals surface area contributed by atoms with Gasteiger partial charge in [-0.2, -0.15) is 0 Å². The molecule has 1 aromatic rings. The maximum absolute atomic E-state index is 13.3. The van der Waals surface area contributed by atoms with Gasteiger partial charge in [-0.1, -0.05) is 26.0 Å². The Hall–Kier alpha value is -2.37. The third-order valence-electron chi connectivity index (χ3n) is 8.25. The lowest BCUT2D eigenvalue weighted by atomic mass is 9.48. The van der Waals surface area contributed by atoms with Crippen LogP contribution < -0.4 is 5.32 Å². The summed E-state index contributed by atoms with van der Waals surface area (Å²) >= 11 is 0. The molecule has 1 N–H and O–H groups in total. The van der Waals surface area contributed by atoms with Crippen LogP contribution in [0.1, 0.15) is 64.4 Å². The molecule has 0 aliphatic heterocycles. The molecule has 0 radical (unpaired) electrons. The minimum atomic E-state index is -0.872. The Morgan fingerprint density at radius 2 is 1.87 bits per heavy atom. The van der Waals surface area contributed by atoms with Gasteiger partial charge in [-0.25, -0.2) is 4.39 Å². The summed E-state index contributed by atoms with van der Waals surface area (Å²) < 4.78 is 13.3. The third kappa shape index (κ3) is 3.74. The second kappa shape index (κ2) is 7.95. The molecule has 5 atom stereocenters. The summed E-state index contributed by atoms with van der Waals surface area (Å²) in [4.78, 5) is 51.2. The fraction of sp³-hybridized carbons (Fsp3) is 0.600. The minimum Gasteiger partial charge on any atom is -0.352 e. The third-order valence-corrected chi connectivity index (χ3v) is 8.25. The fourth-order valence-corrected chi connectivity index (χ4v) is 6.51. The van der Waals surface area contributed by atoms with Crippen LogP contribution in [-0.4, -0.2) is 23.3 Å². The van der Waals surface area contributed by atoms with E-state index in [1.54, 1.807) is 12.1 Å². The van der Waals surface area contributed by atoms with E-state index in [4.69, 9.17) is 0 Å². The van der Waals surface area contributed by atoms with E-state index in [0.717, 1.165) is 6.42 Å². The quantitative estimate of drug-likeness (QED) is 0.776. The zero-order chi connectivity index (χ0) is 22.4. The lowest BCUT2D eigenvalue weighted by Gasteiger charge is -2.52. The Kier molecular flexibility index (Phi) is 5.61. The molecule has 31 heavy (non-hydrogen) atoms. The highest BCUT2D eigenvalue weighted by atomic mass is 19.1. The standard InChI is InChI=1S/C25H30FNO4/c1-24(11-10-22(31)27-14-15-4-3-5-16(26)12-15)20(29)8-6-17-18-7-9-21(30)25(18,2)13-19(28)23(17)24/h3-5,12,17-18,23H,6-11,13-14H2,1-2H3,(H,27,31)/t17-,18-,23+,24-,25-/m0/s1. The van der Waals surface area contributed by atoms with Gasteiger partial charge in [-0.3, -0.25) is 19.2 Å². The number of amides is 1. The van der Waals surface area contributed by atoms with Crippen molar-refractivity contribution in [3.8, 4) is 0 Å². The molecule has 5 nitrogen and oxygen atoms in total. The Morgan fingerprint density at radius 3 is 2.61 bits per heavy atom. The Labute approximate surface area is 182 Å². The largest absolute Gasteiger partial charge is 0.352 e. The summed E-state index contributed by atoms with van der Waals surface area (Å²) in [5, 5.41) is 2.78. The van der Waals surface area contributed by atoms with E-state index < -0.39 is 16.7 Å². The normalized spacial score (nSPS) is 34.9. The molecular weight excluding hydrogens is 397 g/mol. The van der Waals surface area contributed by atoms with Crippen LogP contribution in [-0.2, 0) is 25.7 Å².